The lowest BCUT2D eigenvalue weighted by molar-refractivity contribution is 0.0299. The fraction of sp³-hybridized carbons (Fsp3) is 0.300. The summed E-state index contributed by atoms with van der Waals surface area (Å²) in [5.74, 6) is -0.799. The van der Waals surface area contributed by atoms with Crippen LogP contribution < -0.4 is 0 Å². The molecule has 27 heavy (non-hydrogen) atoms. The molecular formula is C20H20FN3O3. The van der Waals surface area contributed by atoms with E-state index in [2.05, 4.69) is 4.98 Å². The largest absolute Gasteiger partial charge is 0.378 e. The van der Waals surface area contributed by atoms with Crippen LogP contribution in [-0.4, -0.2) is 66.0 Å². The molecule has 7 heteroatoms. The van der Waals surface area contributed by atoms with Crippen molar-refractivity contribution in [2.75, 3.05) is 39.4 Å². The fourth-order valence-electron chi connectivity index (χ4n) is 3.33. The molecule has 2 aliphatic heterocycles. The first-order chi connectivity index (χ1) is 13.1. The van der Waals surface area contributed by atoms with E-state index in [1.165, 1.54) is 12.1 Å². The number of carbonyl (C=O) groups excluding carboxylic acids is 2. The first-order valence-electron chi connectivity index (χ1n) is 8.92. The molecule has 1 aromatic carbocycles. The third-order valence-corrected chi connectivity index (χ3v) is 4.80. The maximum Gasteiger partial charge on any atom is 0.270 e. The minimum absolute atomic E-state index is 0.111. The summed E-state index contributed by atoms with van der Waals surface area (Å²) < 4.78 is 19.4. The van der Waals surface area contributed by atoms with Gasteiger partial charge in [-0.25, -0.2) is 4.39 Å². The van der Waals surface area contributed by atoms with Crippen molar-refractivity contribution in [3.05, 3.63) is 59.7 Å². The van der Waals surface area contributed by atoms with Crippen molar-refractivity contribution in [2.24, 2.45) is 0 Å². The van der Waals surface area contributed by atoms with Crippen LogP contribution in [0.2, 0.25) is 0 Å². The van der Waals surface area contributed by atoms with Crippen molar-refractivity contribution in [3.63, 3.8) is 0 Å². The van der Waals surface area contributed by atoms with Crippen LogP contribution in [-0.2, 0) is 4.74 Å². The Kier molecular flexibility index (Phi) is 4.77. The summed E-state index contributed by atoms with van der Waals surface area (Å²) in [5, 5.41) is 0. The van der Waals surface area contributed by atoms with Gasteiger partial charge in [0.05, 0.1) is 13.2 Å². The minimum Gasteiger partial charge on any atom is -0.378 e. The zero-order valence-corrected chi connectivity index (χ0v) is 14.8. The second-order valence-electron chi connectivity index (χ2n) is 6.62. The topological polar surface area (TPSA) is 65.6 Å². The average molecular weight is 369 g/mol. The summed E-state index contributed by atoms with van der Waals surface area (Å²) >= 11 is 0. The fourth-order valence-corrected chi connectivity index (χ4v) is 3.33. The molecule has 2 aliphatic rings. The molecule has 0 radical (unpaired) electrons. The second-order valence-corrected chi connectivity index (χ2v) is 6.62. The quantitative estimate of drug-likeness (QED) is 0.845. The van der Waals surface area contributed by atoms with E-state index in [0.29, 0.717) is 61.8 Å². The Morgan fingerprint density at radius 1 is 0.926 bits per heavy atom. The first-order valence-corrected chi connectivity index (χ1v) is 8.92. The lowest BCUT2D eigenvalue weighted by atomic mass is 10.0. The van der Waals surface area contributed by atoms with Crippen LogP contribution in [0, 0.1) is 5.82 Å². The van der Waals surface area contributed by atoms with Gasteiger partial charge in [-0.1, -0.05) is 12.2 Å². The number of morpholine rings is 1. The maximum absolute atomic E-state index is 14.1. The number of amides is 2. The zero-order valence-electron chi connectivity index (χ0n) is 14.8. The smallest absolute Gasteiger partial charge is 0.270 e. The van der Waals surface area contributed by atoms with Crippen LogP contribution in [0.3, 0.4) is 0 Å². The molecular weight excluding hydrogens is 349 g/mol. The Morgan fingerprint density at radius 2 is 1.67 bits per heavy atom. The number of benzene rings is 1. The number of H-pyrrole nitrogens is 1. The van der Waals surface area contributed by atoms with Crippen LogP contribution in [0.4, 0.5) is 4.39 Å². The second kappa shape index (κ2) is 7.36. The van der Waals surface area contributed by atoms with Gasteiger partial charge in [0.2, 0.25) is 0 Å². The Bertz CT molecular complexity index is 892. The number of ether oxygens (including phenoxy) is 1. The zero-order chi connectivity index (χ0) is 18.8. The molecule has 0 atom stereocenters. The van der Waals surface area contributed by atoms with Crippen molar-refractivity contribution < 1.29 is 18.7 Å². The predicted octanol–water partition coefficient (Wildman–Crippen LogP) is 2.31. The van der Waals surface area contributed by atoms with Crippen molar-refractivity contribution in [3.8, 4) is 11.1 Å². The molecule has 6 nitrogen and oxygen atoms in total. The van der Waals surface area contributed by atoms with E-state index in [-0.39, 0.29) is 11.8 Å². The molecule has 2 aromatic rings. The van der Waals surface area contributed by atoms with Gasteiger partial charge >= 0.3 is 0 Å². The summed E-state index contributed by atoms with van der Waals surface area (Å²) in [5.41, 5.74) is 1.96. The molecule has 4 rings (SSSR count). The van der Waals surface area contributed by atoms with E-state index in [1.54, 1.807) is 28.1 Å². The van der Waals surface area contributed by atoms with Crippen molar-refractivity contribution in [2.45, 2.75) is 0 Å². The number of rotatable bonds is 3. The summed E-state index contributed by atoms with van der Waals surface area (Å²) in [7, 11) is 0. The van der Waals surface area contributed by atoms with Gasteiger partial charge in [-0.2, -0.15) is 0 Å². The Morgan fingerprint density at radius 3 is 2.41 bits per heavy atom. The molecule has 0 spiro atoms. The predicted molar refractivity (Wildman–Crippen MR) is 98.0 cm³/mol. The Balaban J connectivity index is 1.57. The van der Waals surface area contributed by atoms with E-state index >= 15 is 0 Å². The minimum atomic E-state index is -0.481. The average Bonchev–Trinajstić information content (AvgIpc) is 3.39. The molecule has 2 amide bonds. The number of nitrogens with zero attached hydrogens (tertiary/aromatic N) is 2. The highest BCUT2D eigenvalue weighted by molar-refractivity contribution is 5.97. The van der Waals surface area contributed by atoms with E-state index in [1.807, 2.05) is 12.2 Å². The van der Waals surface area contributed by atoms with Crippen molar-refractivity contribution >= 4 is 11.8 Å². The van der Waals surface area contributed by atoms with E-state index in [0.717, 1.165) is 0 Å². The lowest BCUT2D eigenvalue weighted by Crippen LogP contribution is -2.40. The van der Waals surface area contributed by atoms with E-state index in [9.17, 15) is 14.0 Å². The normalized spacial score (nSPS) is 16.8. The van der Waals surface area contributed by atoms with Crippen molar-refractivity contribution in [1.29, 1.82) is 0 Å². The highest BCUT2D eigenvalue weighted by atomic mass is 19.1. The van der Waals surface area contributed by atoms with Gasteiger partial charge in [0.15, 0.2) is 0 Å². The molecule has 3 heterocycles. The molecule has 1 saturated heterocycles. The van der Waals surface area contributed by atoms with Crippen LogP contribution in [0.15, 0.2) is 42.6 Å². The van der Waals surface area contributed by atoms with E-state index < -0.39 is 5.82 Å². The van der Waals surface area contributed by atoms with Gasteiger partial charge in [-0.15, -0.1) is 0 Å². The number of halogens is 1. The maximum atomic E-state index is 14.1. The SMILES string of the molecule is O=C(c1cc(F)cc(-c2c[nH]c(C(=O)N3CCOCC3)c2)c1)N1CC=CC1. The van der Waals surface area contributed by atoms with Gasteiger partial charge in [0.25, 0.3) is 11.8 Å². The van der Waals surface area contributed by atoms with Crippen molar-refractivity contribution in [1.82, 2.24) is 14.8 Å². The number of hydrogen-bond donors (Lipinski definition) is 1. The molecule has 0 unspecified atom stereocenters. The third-order valence-electron chi connectivity index (χ3n) is 4.80. The van der Waals surface area contributed by atoms with Gasteiger partial charge in [0.1, 0.15) is 11.5 Å². The molecule has 1 fully saturated rings. The van der Waals surface area contributed by atoms with Crippen LogP contribution in [0.1, 0.15) is 20.8 Å². The molecule has 0 aliphatic carbocycles. The molecule has 0 saturated carbocycles. The monoisotopic (exact) mass is 369 g/mol. The Hall–Kier alpha value is -2.93. The summed E-state index contributed by atoms with van der Waals surface area (Å²) in [6, 6.07) is 5.97. The number of nitrogens with one attached hydrogen (secondary N) is 1. The van der Waals surface area contributed by atoms with Gasteiger partial charge in [-0.05, 0) is 29.8 Å². The number of aromatic nitrogens is 1. The summed E-state index contributed by atoms with van der Waals surface area (Å²) in [6.07, 6.45) is 5.48. The molecule has 1 aromatic heterocycles. The number of hydrogen-bond acceptors (Lipinski definition) is 3. The van der Waals surface area contributed by atoms with Gasteiger partial charge in [-0.3, -0.25) is 9.59 Å². The molecule has 140 valence electrons. The third kappa shape index (κ3) is 3.64. The van der Waals surface area contributed by atoms with Gasteiger partial charge in [0, 0.05) is 43.5 Å². The lowest BCUT2D eigenvalue weighted by Gasteiger charge is -2.26. The molecule has 0 bridgehead atoms. The number of carbonyl (C=O) groups is 2. The van der Waals surface area contributed by atoms with Crippen LogP contribution in [0.25, 0.3) is 11.1 Å². The molecule has 1 N–H and O–H groups in total. The van der Waals surface area contributed by atoms with E-state index in [4.69, 9.17) is 4.74 Å². The van der Waals surface area contributed by atoms with Crippen LogP contribution in [0.5, 0.6) is 0 Å². The highest BCUT2D eigenvalue weighted by Crippen LogP contribution is 2.24. The van der Waals surface area contributed by atoms with Crippen LogP contribution >= 0.6 is 0 Å². The summed E-state index contributed by atoms with van der Waals surface area (Å²) in [4.78, 5) is 31.4. The number of aromatic amines is 1. The summed E-state index contributed by atoms with van der Waals surface area (Å²) in [6.45, 7) is 3.23. The van der Waals surface area contributed by atoms with Gasteiger partial charge < -0.3 is 19.5 Å². The highest BCUT2D eigenvalue weighted by Gasteiger charge is 2.21. The standard InChI is InChI=1S/C20H20FN3O3/c21-17-10-14(9-15(11-17)19(25)23-3-1-2-4-23)16-12-18(22-13-16)20(26)24-5-7-27-8-6-24/h1-2,9-13,22H,3-8H2. The first kappa shape index (κ1) is 17.5. The Labute approximate surface area is 156 Å².